The van der Waals surface area contributed by atoms with Gasteiger partial charge in [-0.2, -0.15) is 10.2 Å². The maximum absolute atomic E-state index is 6.44. The van der Waals surface area contributed by atoms with Crippen molar-refractivity contribution in [3.63, 3.8) is 0 Å². The third-order valence-electron chi connectivity index (χ3n) is 4.09. The van der Waals surface area contributed by atoms with E-state index in [2.05, 4.69) is 31.0 Å². The molecule has 0 aromatic carbocycles. The van der Waals surface area contributed by atoms with Crippen molar-refractivity contribution in [3.05, 3.63) is 59.3 Å². The molecule has 7 nitrogen and oxygen atoms in total. The fourth-order valence-corrected chi connectivity index (χ4v) is 2.61. The zero-order valence-corrected chi connectivity index (χ0v) is 12.7. The van der Waals surface area contributed by atoms with Gasteiger partial charge in [0.15, 0.2) is 5.66 Å². The van der Waals surface area contributed by atoms with Crippen molar-refractivity contribution in [2.24, 2.45) is 10.8 Å². The van der Waals surface area contributed by atoms with Gasteiger partial charge in [0.2, 0.25) is 0 Å². The molecule has 1 atom stereocenters. The van der Waals surface area contributed by atoms with E-state index in [4.69, 9.17) is 5.73 Å². The molecule has 0 spiro atoms. The van der Waals surface area contributed by atoms with Crippen LogP contribution in [0.5, 0.6) is 0 Å². The number of nitrogens with two attached hydrogens (primary N) is 1. The van der Waals surface area contributed by atoms with E-state index in [0.717, 1.165) is 22.6 Å². The van der Waals surface area contributed by atoms with Gasteiger partial charge >= 0.3 is 0 Å². The summed E-state index contributed by atoms with van der Waals surface area (Å²) in [7, 11) is 0. The van der Waals surface area contributed by atoms with Gasteiger partial charge in [-0.3, -0.25) is 21.2 Å². The van der Waals surface area contributed by atoms with E-state index in [1.54, 1.807) is 12.4 Å². The molecule has 2 aromatic rings. The standard InChI is InChI=1S/C16H19N7/c17-16(15-6-14(21-22-15)12-3-4-12)7-13(10-20-23-16)19-9-11-2-1-5-18-8-11/h1-2,5-8,10,12,19,23H,3-4,9,17H2,(H,21,22). The summed E-state index contributed by atoms with van der Waals surface area (Å²) in [5, 5.41) is 14.9. The number of pyridine rings is 1. The first-order valence-electron chi connectivity index (χ1n) is 7.73. The number of hydrazone groups is 1. The Balaban J connectivity index is 1.50. The molecular formula is C16H19N7. The Hall–Kier alpha value is -2.67. The van der Waals surface area contributed by atoms with Crippen molar-refractivity contribution in [2.45, 2.75) is 31.0 Å². The largest absolute Gasteiger partial charge is 0.380 e. The van der Waals surface area contributed by atoms with Gasteiger partial charge in [-0.05, 0) is 36.6 Å². The molecule has 1 aliphatic heterocycles. The molecule has 0 saturated heterocycles. The fourth-order valence-electron chi connectivity index (χ4n) is 2.61. The normalized spacial score (nSPS) is 23.3. The van der Waals surface area contributed by atoms with Crippen LogP contribution in [-0.2, 0) is 12.2 Å². The van der Waals surface area contributed by atoms with Crippen molar-refractivity contribution in [3.8, 4) is 0 Å². The average Bonchev–Trinajstić information content (AvgIpc) is 3.30. The minimum absolute atomic E-state index is 0.610. The minimum atomic E-state index is -0.907. The van der Waals surface area contributed by atoms with Crippen LogP contribution >= 0.6 is 0 Å². The maximum atomic E-state index is 6.44. The van der Waals surface area contributed by atoms with Crippen LogP contribution in [0, 0.1) is 0 Å². The lowest BCUT2D eigenvalue weighted by molar-refractivity contribution is 0.424. The summed E-state index contributed by atoms with van der Waals surface area (Å²) < 4.78 is 0. The molecule has 5 N–H and O–H groups in total. The molecule has 1 fully saturated rings. The first-order valence-corrected chi connectivity index (χ1v) is 7.73. The zero-order chi connectivity index (χ0) is 15.7. The number of hydrogen-bond donors (Lipinski definition) is 4. The van der Waals surface area contributed by atoms with E-state index in [9.17, 15) is 0 Å². The predicted octanol–water partition coefficient (Wildman–Crippen LogP) is 1.06. The van der Waals surface area contributed by atoms with Gasteiger partial charge in [0.05, 0.1) is 11.9 Å². The second kappa shape index (κ2) is 5.51. The average molecular weight is 309 g/mol. The van der Waals surface area contributed by atoms with Crippen LogP contribution in [0.1, 0.15) is 35.7 Å². The molecule has 0 bridgehead atoms. The molecule has 1 saturated carbocycles. The topological polar surface area (TPSA) is 104 Å². The number of nitrogens with zero attached hydrogens (tertiary/aromatic N) is 3. The van der Waals surface area contributed by atoms with Crippen molar-refractivity contribution < 1.29 is 0 Å². The molecule has 1 aliphatic carbocycles. The molecular weight excluding hydrogens is 290 g/mol. The van der Waals surface area contributed by atoms with Gasteiger partial charge in [-0.1, -0.05) is 6.07 Å². The lowest BCUT2D eigenvalue weighted by atomic mass is 10.0. The van der Waals surface area contributed by atoms with Crippen molar-refractivity contribution >= 4 is 6.21 Å². The summed E-state index contributed by atoms with van der Waals surface area (Å²) in [6.07, 6.45) is 9.65. The molecule has 3 heterocycles. The number of nitrogens with one attached hydrogen (secondary N) is 3. The van der Waals surface area contributed by atoms with Gasteiger partial charge < -0.3 is 5.32 Å². The van der Waals surface area contributed by atoms with Crippen LogP contribution in [0.15, 0.2) is 47.5 Å². The summed E-state index contributed by atoms with van der Waals surface area (Å²) in [5.41, 5.74) is 12.3. The number of aromatic nitrogens is 3. The molecule has 0 radical (unpaired) electrons. The lowest BCUT2D eigenvalue weighted by Gasteiger charge is -2.27. The van der Waals surface area contributed by atoms with Gasteiger partial charge in [0, 0.05) is 30.6 Å². The van der Waals surface area contributed by atoms with Crippen LogP contribution in [-0.4, -0.2) is 21.4 Å². The molecule has 0 amide bonds. The quantitative estimate of drug-likeness (QED) is 0.661. The highest BCUT2D eigenvalue weighted by Gasteiger charge is 2.33. The van der Waals surface area contributed by atoms with Crippen LogP contribution in [0.4, 0.5) is 0 Å². The summed E-state index contributed by atoms with van der Waals surface area (Å²) in [6, 6.07) is 5.96. The third kappa shape index (κ3) is 2.95. The van der Waals surface area contributed by atoms with Gasteiger partial charge in [0.1, 0.15) is 5.69 Å². The van der Waals surface area contributed by atoms with E-state index in [0.29, 0.717) is 12.5 Å². The van der Waals surface area contributed by atoms with E-state index in [-0.39, 0.29) is 0 Å². The van der Waals surface area contributed by atoms with Crippen molar-refractivity contribution in [2.75, 3.05) is 0 Å². The van der Waals surface area contributed by atoms with E-state index >= 15 is 0 Å². The smallest absolute Gasteiger partial charge is 0.168 e. The molecule has 2 aromatic heterocycles. The highest BCUT2D eigenvalue weighted by Crippen LogP contribution is 2.39. The third-order valence-corrected chi connectivity index (χ3v) is 4.09. The van der Waals surface area contributed by atoms with Gasteiger partial charge in [0.25, 0.3) is 0 Å². The first kappa shape index (κ1) is 14.0. The van der Waals surface area contributed by atoms with Crippen molar-refractivity contribution in [1.29, 1.82) is 0 Å². The first-order chi connectivity index (χ1) is 11.2. The van der Waals surface area contributed by atoms with Gasteiger partial charge in [-0.15, -0.1) is 0 Å². The van der Waals surface area contributed by atoms with Crippen molar-refractivity contribution in [1.82, 2.24) is 25.9 Å². The summed E-state index contributed by atoms with van der Waals surface area (Å²) in [5.74, 6) is 0.610. The molecule has 1 unspecified atom stereocenters. The number of H-pyrrole nitrogens is 1. The Kier molecular flexibility index (Phi) is 3.34. The Morgan fingerprint density at radius 3 is 3.09 bits per heavy atom. The molecule has 23 heavy (non-hydrogen) atoms. The number of aromatic amines is 1. The predicted molar refractivity (Wildman–Crippen MR) is 87.2 cm³/mol. The van der Waals surface area contributed by atoms with E-state index in [1.165, 1.54) is 12.8 Å². The monoisotopic (exact) mass is 309 g/mol. The van der Waals surface area contributed by atoms with Crippen LogP contribution in [0.25, 0.3) is 0 Å². The van der Waals surface area contributed by atoms with Crippen LogP contribution in [0.3, 0.4) is 0 Å². The second-order valence-electron chi connectivity index (χ2n) is 6.04. The fraction of sp³-hybridized carbons (Fsp3) is 0.312. The minimum Gasteiger partial charge on any atom is -0.380 e. The summed E-state index contributed by atoms with van der Waals surface area (Å²) in [6.45, 7) is 0.662. The van der Waals surface area contributed by atoms with E-state index in [1.807, 2.05) is 30.5 Å². The molecule has 118 valence electrons. The number of allylic oxidation sites excluding steroid dienone is 1. The van der Waals surface area contributed by atoms with Crippen LogP contribution in [0.2, 0.25) is 0 Å². The SMILES string of the molecule is NC1(c2cc(C3CC3)[nH]n2)C=C(NCc2cccnc2)C=NN1. The second-order valence-corrected chi connectivity index (χ2v) is 6.04. The van der Waals surface area contributed by atoms with E-state index < -0.39 is 5.66 Å². The Morgan fingerprint density at radius 1 is 1.39 bits per heavy atom. The lowest BCUT2D eigenvalue weighted by Crippen LogP contribution is -2.49. The van der Waals surface area contributed by atoms with Gasteiger partial charge in [-0.25, -0.2) is 0 Å². The number of hydrogen-bond acceptors (Lipinski definition) is 6. The molecule has 2 aliphatic rings. The highest BCUT2D eigenvalue weighted by atomic mass is 15.4. The van der Waals surface area contributed by atoms with Crippen LogP contribution < -0.4 is 16.5 Å². The summed E-state index contributed by atoms with van der Waals surface area (Å²) >= 11 is 0. The Morgan fingerprint density at radius 2 is 2.30 bits per heavy atom. The Labute approximate surface area is 134 Å². The highest BCUT2D eigenvalue weighted by molar-refractivity contribution is 5.79. The maximum Gasteiger partial charge on any atom is 0.168 e. The number of rotatable bonds is 5. The Bertz CT molecular complexity index is 745. The molecule has 7 heteroatoms. The molecule has 4 rings (SSSR count). The summed E-state index contributed by atoms with van der Waals surface area (Å²) in [4.78, 5) is 4.11. The zero-order valence-electron chi connectivity index (χ0n) is 12.7.